The van der Waals surface area contributed by atoms with E-state index in [0.717, 1.165) is 5.56 Å². The van der Waals surface area contributed by atoms with Crippen LogP contribution < -0.4 is 4.74 Å². The fraction of sp³-hybridized carbons (Fsp3) is 0. The molecule has 0 saturated heterocycles. The maximum Gasteiger partial charge on any atom is 0.362 e. The van der Waals surface area contributed by atoms with E-state index in [1.807, 2.05) is 30.3 Å². The normalized spacial score (nSPS) is 11.4. The van der Waals surface area contributed by atoms with Crippen molar-refractivity contribution >= 4 is 33.7 Å². The summed E-state index contributed by atoms with van der Waals surface area (Å²) in [5, 5.41) is 11.7. The third kappa shape index (κ3) is 3.74. The Morgan fingerprint density at radius 1 is 1.11 bits per heavy atom. The molecule has 4 aromatic rings. The van der Waals surface area contributed by atoms with E-state index in [2.05, 4.69) is 36.4 Å². The molecule has 3 heterocycles. The smallest absolute Gasteiger partial charge is 0.362 e. The highest BCUT2D eigenvalue weighted by molar-refractivity contribution is 9.10. The number of hydrogen-bond donors (Lipinski definition) is 0. The quantitative estimate of drug-likeness (QED) is 0.266. The summed E-state index contributed by atoms with van der Waals surface area (Å²) in [6, 6.07) is 16.0. The zero-order valence-corrected chi connectivity index (χ0v) is 15.9. The molecular formula is C19H12BrN5O3. The molecule has 0 radical (unpaired) electrons. The monoisotopic (exact) mass is 437 g/mol. The maximum atomic E-state index is 13.0. The summed E-state index contributed by atoms with van der Waals surface area (Å²) in [4.78, 5) is 17.0. The Morgan fingerprint density at radius 2 is 1.96 bits per heavy atom. The molecule has 8 nitrogen and oxygen atoms in total. The first-order valence-corrected chi connectivity index (χ1v) is 8.94. The van der Waals surface area contributed by atoms with Gasteiger partial charge in [-0.15, -0.1) is 5.10 Å². The van der Waals surface area contributed by atoms with Crippen LogP contribution >= 0.6 is 15.9 Å². The number of pyridine rings is 1. The van der Waals surface area contributed by atoms with Crippen molar-refractivity contribution in [1.82, 2.24) is 25.2 Å². The molecule has 28 heavy (non-hydrogen) atoms. The minimum absolute atomic E-state index is 0.0783. The maximum absolute atomic E-state index is 13.0. The lowest BCUT2D eigenvalue weighted by Crippen LogP contribution is -2.17. The lowest BCUT2D eigenvalue weighted by Gasteiger charge is -2.10. The summed E-state index contributed by atoms with van der Waals surface area (Å²) in [6.45, 7) is 0. The van der Waals surface area contributed by atoms with Gasteiger partial charge in [0.05, 0.1) is 6.26 Å². The first-order valence-electron chi connectivity index (χ1n) is 8.14. The summed E-state index contributed by atoms with van der Waals surface area (Å²) in [5.74, 6) is 0.439. The van der Waals surface area contributed by atoms with Crippen LogP contribution in [0, 0.1) is 0 Å². The molecule has 0 amide bonds. The second-order valence-corrected chi connectivity index (χ2v) is 6.26. The van der Waals surface area contributed by atoms with E-state index in [0.29, 0.717) is 16.2 Å². The molecular weight excluding hydrogens is 426 g/mol. The zero-order valence-electron chi connectivity index (χ0n) is 14.3. The summed E-state index contributed by atoms with van der Waals surface area (Å²) in [7, 11) is 0. The third-order valence-corrected chi connectivity index (χ3v) is 4.28. The standard InChI is InChI=1S/C19H12BrN5O3/c20-17-16(9-4-10-21-17)28-19(26)15(12-14-8-5-11-27-14)25-18(22-23-24-25)13-6-2-1-3-7-13/h1-12H/b15-12-. The highest BCUT2D eigenvalue weighted by Gasteiger charge is 2.22. The SMILES string of the molecule is O=C(Oc1cccnc1Br)/C(=C/c1ccco1)n1nnnc1-c1ccccc1. The number of ether oxygens (including phenoxy) is 1. The van der Waals surface area contributed by atoms with Crippen molar-refractivity contribution in [3.63, 3.8) is 0 Å². The second-order valence-electron chi connectivity index (χ2n) is 5.51. The largest absolute Gasteiger partial charge is 0.465 e. The van der Waals surface area contributed by atoms with Gasteiger partial charge in [-0.05, 0) is 50.6 Å². The average molecular weight is 438 g/mol. The third-order valence-electron chi connectivity index (χ3n) is 3.69. The molecule has 0 aliphatic heterocycles. The highest BCUT2D eigenvalue weighted by atomic mass is 79.9. The molecule has 0 bridgehead atoms. The van der Waals surface area contributed by atoms with Crippen LogP contribution in [-0.4, -0.2) is 31.2 Å². The molecule has 0 fully saturated rings. The number of furan rings is 1. The van der Waals surface area contributed by atoms with Gasteiger partial charge in [0.1, 0.15) is 10.4 Å². The van der Waals surface area contributed by atoms with Gasteiger partial charge in [0, 0.05) is 17.8 Å². The van der Waals surface area contributed by atoms with Crippen molar-refractivity contribution in [2.45, 2.75) is 0 Å². The van der Waals surface area contributed by atoms with Gasteiger partial charge >= 0.3 is 5.97 Å². The van der Waals surface area contributed by atoms with Gasteiger partial charge in [0.15, 0.2) is 17.3 Å². The molecule has 138 valence electrons. The molecule has 4 rings (SSSR count). The minimum Gasteiger partial charge on any atom is -0.465 e. The van der Waals surface area contributed by atoms with Crippen LogP contribution in [0.4, 0.5) is 0 Å². The molecule has 1 aromatic carbocycles. The van der Waals surface area contributed by atoms with Crippen LogP contribution in [-0.2, 0) is 4.79 Å². The van der Waals surface area contributed by atoms with Gasteiger partial charge in [0.25, 0.3) is 0 Å². The van der Waals surface area contributed by atoms with Crippen LogP contribution in [0.1, 0.15) is 5.76 Å². The number of benzene rings is 1. The Hall–Kier alpha value is -3.59. The van der Waals surface area contributed by atoms with E-state index in [1.54, 1.807) is 30.5 Å². The number of carbonyl (C=O) groups is 1. The van der Waals surface area contributed by atoms with E-state index < -0.39 is 5.97 Å². The number of tetrazole rings is 1. The van der Waals surface area contributed by atoms with Crippen LogP contribution in [0.3, 0.4) is 0 Å². The number of nitrogens with zero attached hydrogens (tertiary/aromatic N) is 5. The van der Waals surface area contributed by atoms with Gasteiger partial charge in [-0.1, -0.05) is 30.3 Å². The Kier molecular flexibility index (Phi) is 5.07. The Bertz CT molecular complexity index is 1120. The Morgan fingerprint density at radius 3 is 2.71 bits per heavy atom. The number of esters is 1. The molecule has 0 spiro atoms. The predicted molar refractivity (Wildman–Crippen MR) is 104 cm³/mol. The van der Waals surface area contributed by atoms with Crippen molar-refractivity contribution in [3.05, 3.63) is 77.4 Å². The molecule has 0 saturated carbocycles. The summed E-state index contributed by atoms with van der Waals surface area (Å²) < 4.78 is 12.6. The van der Waals surface area contributed by atoms with E-state index in [9.17, 15) is 4.79 Å². The van der Waals surface area contributed by atoms with Crippen molar-refractivity contribution in [2.24, 2.45) is 0 Å². The van der Waals surface area contributed by atoms with E-state index in [4.69, 9.17) is 9.15 Å². The average Bonchev–Trinajstić information content (AvgIpc) is 3.40. The molecule has 0 aliphatic rings. The minimum atomic E-state index is -0.672. The summed E-state index contributed by atoms with van der Waals surface area (Å²) >= 11 is 3.26. The predicted octanol–water partition coefficient (Wildman–Crippen LogP) is 3.69. The van der Waals surface area contributed by atoms with Gasteiger partial charge in [-0.2, -0.15) is 4.68 Å². The van der Waals surface area contributed by atoms with Crippen molar-refractivity contribution < 1.29 is 13.9 Å². The molecule has 0 N–H and O–H groups in total. The van der Waals surface area contributed by atoms with E-state index in [1.165, 1.54) is 17.0 Å². The van der Waals surface area contributed by atoms with Gasteiger partial charge in [-0.25, -0.2) is 9.78 Å². The fourth-order valence-corrected chi connectivity index (χ4v) is 2.76. The highest BCUT2D eigenvalue weighted by Crippen LogP contribution is 2.25. The van der Waals surface area contributed by atoms with Crippen LogP contribution in [0.5, 0.6) is 5.75 Å². The number of rotatable bonds is 5. The molecule has 0 unspecified atom stereocenters. The van der Waals surface area contributed by atoms with Crippen molar-refractivity contribution in [2.75, 3.05) is 0 Å². The van der Waals surface area contributed by atoms with Gasteiger partial charge < -0.3 is 9.15 Å². The lowest BCUT2D eigenvalue weighted by molar-refractivity contribution is -0.128. The lowest BCUT2D eigenvalue weighted by atomic mass is 10.2. The number of aromatic nitrogens is 5. The van der Waals surface area contributed by atoms with E-state index in [-0.39, 0.29) is 11.4 Å². The Labute approximate surface area is 167 Å². The second kappa shape index (κ2) is 7.97. The van der Waals surface area contributed by atoms with Crippen molar-refractivity contribution in [1.29, 1.82) is 0 Å². The molecule has 0 aliphatic carbocycles. The number of carbonyl (C=O) groups excluding carboxylic acids is 1. The topological polar surface area (TPSA) is 95.9 Å². The molecule has 0 atom stereocenters. The summed E-state index contributed by atoms with van der Waals surface area (Å²) in [6.07, 6.45) is 4.59. The number of halogens is 1. The van der Waals surface area contributed by atoms with Crippen LogP contribution in [0.2, 0.25) is 0 Å². The van der Waals surface area contributed by atoms with E-state index >= 15 is 0 Å². The zero-order chi connectivity index (χ0) is 19.3. The van der Waals surface area contributed by atoms with Crippen LogP contribution in [0.25, 0.3) is 23.2 Å². The van der Waals surface area contributed by atoms with Crippen molar-refractivity contribution in [3.8, 4) is 17.1 Å². The van der Waals surface area contributed by atoms with Gasteiger partial charge in [0.2, 0.25) is 0 Å². The first-order chi connectivity index (χ1) is 13.7. The Balaban J connectivity index is 1.77. The first kappa shape index (κ1) is 17.8. The van der Waals surface area contributed by atoms with Gasteiger partial charge in [-0.3, -0.25) is 0 Å². The fourth-order valence-electron chi connectivity index (χ4n) is 2.43. The van der Waals surface area contributed by atoms with Crippen LogP contribution in [0.15, 0.2) is 76.1 Å². The summed E-state index contributed by atoms with van der Waals surface area (Å²) in [5.41, 5.74) is 0.822. The molecule has 9 heteroatoms. The molecule has 3 aromatic heterocycles. The number of hydrogen-bond acceptors (Lipinski definition) is 7.